The Hall–Kier alpha value is -1.51. The molecule has 3 nitrogen and oxygen atoms in total. The van der Waals surface area contributed by atoms with Gasteiger partial charge in [0.25, 0.3) is 0 Å². The Bertz CT molecular complexity index is 410. The Morgan fingerprint density at radius 3 is 2.47 bits per heavy atom. The monoisotopic (exact) mass is 207 g/mol. The van der Waals surface area contributed by atoms with E-state index in [4.69, 9.17) is 5.11 Å². The zero-order valence-corrected chi connectivity index (χ0v) is 9.66. The minimum absolute atomic E-state index is 0.398. The molecule has 1 aromatic heterocycles. The fraction of sp³-hybridized carbons (Fsp3) is 0.417. The van der Waals surface area contributed by atoms with Crippen LogP contribution in [-0.2, 0) is 6.54 Å². The Balaban J connectivity index is 3.08. The van der Waals surface area contributed by atoms with Gasteiger partial charge in [-0.2, -0.15) is 0 Å². The average Bonchev–Trinajstić information content (AvgIpc) is 2.39. The van der Waals surface area contributed by atoms with Crippen molar-refractivity contribution in [2.45, 2.75) is 34.2 Å². The molecule has 0 aromatic carbocycles. The molecule has 0 bridgehead atoms. The molecular weight excluding hydrogens is 190 g/mol. The highest BCUT2D eigenvalue weighted by atomic mass is 16.4. The summed E-state index contributed by atoms with van der Waals surface area (Å²) in [6.45, 7) is 8.58. The van der Waals surface area contributed by atoms with Crippen molar-refractivity contribution in [3.63, 3.8) is 0 Å². The second-order valence-electron chi connectivity index (χ2n) is 3.98. The largest absolute Gasteiger partial charge is 0.478 e. The van der Waals surface area contributed by atoms with Crippen LogP contribution in [-0.4, -0.2) is 15.6 Å². The molecule has 0 saturated heterocycles. The molecule has 3 heteroatoms. The van der Waals surface area contributed by atoms with Gasteiger partial charge in [-0.05, 0) is 33.8 Å². The fourth-order valence-corrected chi connectivity index (χ4v) is 1.57. The van der Waals surface area contributed by atoms with Crippen LogP contribution in [0, 0.1) is 13.8 Å². The zero-order valence-electron chi connectivity index (χ0n) is 9.66. The number of hydrogen-bond donors (Lipinski definition) is 1. The van der Waals surface area contributed by atoms with E-state index >= 15 is 0 Å². The summed E-state index contributed by atoms with van der Waals surface area (Å²) in [6.07, 6.45) is 2.09. The van der Waals surface area contributed by atoms with Crippen molar-refractivity contribution in [1.29, 1.82) is 0 Å². The lowest BCUT2D eigenvalue weighted by Crippen LogP contribution is -2.03. The molecule has 1 N–H and O–H groups in total. The van der Waals surface area contributed by atoms with E-state index in [1.54, 1.807) is 6.07 Å². The number of hydrogen-bond acceptors (Lipinski definition) is 1. The van der Waals surface area contributed by atoms with Crippen molar-refractivity contribution in [3.8, 4) is 0 Å². The molecule has 0 saturated carbocycles. The fourth-order valence-electron chi connectivity index (χ4n) is 1.57. The minimum atomic E-state index is -0.855. The lowest BCUT2D eigenvalue weighted by Gasteiger charge is -2.06. The first-order valence-electron chi connectivity index (χ1n) is 4.97. The van der Waals surface area contributed by atoms with Gasteiger partial charge in [0.15, 0.2) is 0 Å². The highest BCUT2D eigenvalue weighted by Crippen LogP contribution is 2.15. The smallest absolute Gasteiger partial charge is 0.337 e. The van der Waals surface area contributed by atoms with Crippen LogP contribution < -0.4 is 0 Å². The van der Waals surface area contributed by atoms with Gasteiger partial charge in [0.1, 0.15) is 0 Å². The highest BCUT2D eigenvalue weighted by Gasteiger charge is 2.13. The number of carboxylic acid groups (broad SMARTS) is 1. The number of rotatable bonds is 3. The summed E-state index contributed by atoms with van der Waals surface area (Å²) in [5, 5.41) is 8.95. The van der Waals surface area contributed by atoms with Crippen LogP contribution in [0.5, 0.6) is 0 Å². The maximum Gasteiger partial charge on any atom is 0.337 e. The molecule has 1 aromatic rings. The topological polar surface area (TPSA) is 42.2 Å². The van der Waals surface area contributed by atoms with Gasteiger partial charge in [-0.15, -0.1) is 0 Å². The predicted octanol–water partition coefficient (Wildman–Crippen LogP) is 2.77. The zero-order chi connectivity index (χ0) is 11.6. The molecule has 0 fully saturated rings. The molecule has 0 aliphatic carbocycles. The quantitative estimate of drug-likeness (QED) is 0.774. The van der Waals surface area contributed by atoms with Gasteiger partial charge < -0.3 is 9.67 Å². The average molecular weight is 207 g/mol. The van der Waals surface area contributed by atoms with Gasteiger partial charge in [-0.1, -0.05) is 11.6 Å². The molecule has 0 aliphatic rings. The van der Waals surface area contributed by atoms with E-state index < -0.39 is 5.97 Å². The third-order valence-electron chi connectivity index (χ3n) is 2.49. The number of aryl methyl sites for hydroxylation is 1. The SMILES string of the molecule is CC(C)=CCn1c(C)cc(C(=O)O)c1C. The first kappa shape index (κ1) is 11.6. The van der Waals surface area contributed by atoms with E-state index in [9.17, 15) is 4.79 Å². The third kappa shape index (κ3) is 2.49. The van der Waals surface area contributed by atoms with Crippen LogP contribution in [0.4, 0.5) is 0 Å². The summed E-state index contributed by atoms with van der Waals surface area (Å²) < 4.78 is 2.01. The number of carboxylic acids is 1. The van der Waals surface area contributed by atoms with E-state index in [2.05, 4.69) is 6.08 Å². The Labute approximate surface area is 90.0 Å². The van der Waals surface area contributed by atoms with Crippen LogP contribution in [0.3, 0.4) is 0 Å². The van der Waals surface area contributed by atoms with Crippen molar-refractivity contribution in [2.24, 2.45) is 0 Å². The van der Waals surface area contributed by atoms with E-state index in [0.29, 0.717) is 5.56 Å². The molecule has 0 amide bonds. The number of allylic oxidation sites excluding steroid dienone is 2. The van der Waals surface area contributed by atoms with Crippen LogP contribution in [0.2, 0.25) is 0 Å². The van der Waals surface area contributed by atoms with Crippen molar-refractivity contribution < 1.29 is 9.90 Å². The lowest BCUT2D eigenvalue weighted by molar-refractivity contribution is 0.0696. The molecule has 0 aliphatic heterocycles. The summed E-state index contributed by atoms with van der Waals surface area (Å²) in [6, 6.07) is 1.72. The molecule has 0 spiro atoms. The molecular formula is C12H17NO2. The van der Waals surface area contributed by atoms with E-state index in [1.165, 1.54) is 5.57 Å². The van der Waals surface area contributed by atoms with E-state index in [0.717, 1.165) is 17.9 Å². The number of carbonyl (C=O) groups is 1. The molecule has 1 rings (SSSR count). The van der Waals surface area contributed by atoms with Crippen molar-refractivity contribution in [1.82, 2.24) is 4.57 Å². The van der Waals surface area contributed by atoms with E-state index in [-0.39, 0.29) is 0 Å². The Morgan fingerprint density at radius 1 is 1.47 bits per heavy atom. The first-order chi connectivity index (χ1) is 6.93. The lowest BCUT2D eigenvalue weighted by atomic mass is 10.2. The third-order valence-corrected chi connectivity index (χ3v) is 2.49. The number of nitrogens with zero attached hydrogens (tertiary/aromatic N) is 1. The maximum absolute atomic E-state index is 10.9. The Morgan fingerprint density at radius 2 is 2.07 bits per heavy atom. The molecule has 0 atom stereocenters. The molecule has 15 heavy (non-hydrogen) atoms. The van der Waals surface area contributed by atoms with Crippen LogP contribution >= 0.6 is 0 Å². The second kappa shape index (κ2) is 4.34. The summed E-state index contributed by atoms with van der Waals surface area (Å²) in [5.74, 6) is -0.855. The van der Waals surface area contributed by atoms with Gasteiger partial charge in [0.2, 0.25) is 0 Å². The van der Waals surface area contributed by atoms with Crippen molar-refractivity contribution in [3.05, 3.63) is 34.7 Å². The van der Waals surface area contributed by atoms with Gasteiger partial charge in [0.05, 0.1) is 5.56 Å². The first-order valence-corrected chi connectivity index (χ1v) is 4.97. The molecule has 0 radical (unpaired) electrons. The van der Waals surface area contributed by atoms with Gasteiger partial charge in [-0.3, -0.25) is 0 Å². The van der Waals surface area contributed by atoms with Gasteiger partial charge >= 0.3 is 5.97 Å². The van der Waals surface area contributed by atoms with Gasteiger partial charge in [0, 0.05) is 17.9 Å². The predicted molar refractivity (Wildman–Crippen MR) is 60.3 cm³/mol. The Kier molecular flexibility index (Phi) is 3.35. The second-order valence-corrected chi connectivity index (χ2v) is 3.98. The summed E-state index contributed by atoms with van der Waals surface area (Å²) >= 11 is 0. The normalized spacial score (nSPS) is 10.1. The standard InChI is InChI=1S/C12H17NO2/c1-8(2)5-6-13-9(3)7-11(10(13)4)12(14)15/h5,7H,6H2,1-4H3,(H,14,15). The van der Waals surface area contributed by atoms with Gasteiger partial charge in [-0.25, -0.2) is 4.79 Å². The highest BCUT2D eigenvalue weighted by molar-refractivity contribution is 5.89. The molecule has 0 unspecified atom stereocenters. The summed E-state index contributed by atoms with van der Waals surface area (Å²) in [5.41, 5.74) is 3.44. The maximum atomic E-state index is 10.9. The van der Waals surface area contributed by atoms with Crippen molar-refractivity contribution >= 4 is 5.97 Å². The molecule has 82 valence electrons. The van der Waals surface area contributed by atoms with Crippen LogP contribution in [0.1, 0.15) is 35.6 Å². The minimum Gasteiger partial charge on any atom is -0.478 e. The summed E-state index contributed by atoms with van der Waals surface area (Å²) in [4.78, 5) is 10.9. The molecule has 1 heterocycles. The van der Waals surface area contributed by atoms with Crippen LogP contribution in [0.15, 0.2) is 17.7 Å². The van der Waals surface area contributed by atoms with Crippen LogP contribution in [0.25, 0.3) is 0 Å². The number of aromatic nitrogens is 1. The number of aromatic carboxylic acids is 1. The van der Waals surface area contributed by atoms with Crippen molar-refractivity contribution in [2.75, 3.05) is 0 Å². The van der Waals surface area contributed by atoms with E-state index in [1.807, 2.05) is 32.3 Å². The summed E-state index contributed by atoms with van der Waals surface area (Å²) in [7, 11) is 0.